The van der Waals surface area contributed by atoms with Gasteiger partial charge in [-0.3, -0.25) is 9.78 Å². The van der Waals surface area contributed by atoms with Crippen molar-refractivity contribution in [3.63, 3.8) is 0 Å². The number of benzene rings is 2. The Kier molecular flexibility index (Phi) is 4.16. The second kappa shape index (κ2) is 6.64. The number of hydrogen-bond acceptors (Lipinski definition) is 5. The minimum absolute atomic E-state index is 0.216. The van der Waals surface area contributed by atoms with E-state index in [0.29, 0.717) is 16.8 Å². The van der Waals surface area contributed by atoms with Gasteiger partial charge in [-0.05, 0) is 50.2 Å². The van der Waals surface area contributed by atoms with Gasteiger partial charge in [0.2, 0.25) is 0 Å². The fourth-order valence-corrected chi connectivity index (χ4v) is 2.87. The van der Waals surface area contributed by atoms with Gasteiger partial charge < -0.3 is 10.1 Å². The van der Waals surface area contributed by atoms with Crippen molar-refractivity contribution in [1.82, 2.24) is 15.0 Å². The fourth-order valence-electron chi connectivity index (χ4n) is 2.87. The Morgan fingerprint density at radius 2 is 1.70 bits per heavy atom. The summed E-state index contributed by atoms with van der Waals surface area (Å²) in [5, 5.41) is 3.81. The summed E-state index contributed by atoms with van der Waals surface area (Å²) in [6.07, 6.45) is 1.63. The van der Waals surface area contributed by atoms with Crippen molar-refractivity contribution in [3.05, 3.63) is 65.6 Å². The number of anilines is 1. The molecule has 0 saturated heterocycles. The Morgan fingerprint density at radius 3 is 2.48 bits per heavy atom. The Morgan fingerprint density at radius 1 is 0.926 bits per heavy atom. The van der Waals surface area contributed by atoms with E-state index in [1.165, 1.54) is 0 Å². The van der Waals surface area contributed by atoms with E-state index in [1.807, 2.05) is 44.2 Å². The van der Waals surface area contributed by atoms with E-state index < -0.39 is 0 Å². The van der Waals surface area contributed by atoms with Crippen LogP contribution in [0.5, 0.6) is 5.75 Å². The van der Waals surface area contributed by atoms with E-state index in [2.05, 4.69) is 20.3 Å². The second-order valence-corrected chi connectivity index (χ2v) is 6.33. The first-order valence-electron chi connectivity index (χ1n) is 8.53. The van der Waals surface area contributed by atoms with Crippen molar-refractivity contribution in [2.45, 2.75) is 13.8 Å². The molecule has 0 aliphatic heterocycles. The number of ether oxygens (including phenoxy) is 1. The highest BCUT2D eigenvalue weighted by molar-refractivity contribution is 6.06. The summed E-state index contributed by atoms with van der Waals surface area (Å²) in [7, 11) is 1.62. The van der Waals surface area contributed by atoms with Gasteiger partial charge in [0.15, 0.2) is 0 Å². The molecular weight excluding hydrogens is 340 g/mol. The maximum atomic E-state index is 12.6. The Labute approximate surface area is 156 Å². The Hall–Kier alpha value is -3.54. The number of carbonyl (C=O) groups is 1. The minimum Gasteiger partial charge on any atom is -0.497 e. The molecule has 1 amide bonds. The van der Waals surface area contributed by atoms with Gasteiger partial charge in [0.05, 0.1) is 46.9 Å². The van der Waals surface area contributed by atoms with E-state index >= 15 is 0 Å². The van der Waals surface area contributed by atoms with Crippen LogP contribution in [0, 0.1) is 13.8 Å². The molecule has 0 saturated carbocycles. The second-order valence-electron chi connectivity index (χ2n) is 6.33. The van der Waals surface area contributed by atoms with Gasteiger partial charge in [0, 0.05) is 17.0 Å². The fraction of sp³-hybridized carbons (Fsp3) is 0.143. The summed E-state index contributed by atoms with van der Waals surface area (Å²) in [6, 6.07) is 12.8. The smallest absolute Gasteiger partial charge is 0.255 e. The van der Waals surface area contributed by atoms with Crippen LogP contribution in [0.4, 0.5) is 5.69 Å². The standard InChI is InChI=1S/C21H18N4O2/c1-12-13(2)24-20-9-15(5-7-18(20)23-12)21(26)25-16-8-14-4-6-17(27-3)10-19(14)22-11-16/h4-11H,1-3H3,(H,25,26). The number of hydrogen-bond donors (Lipinski definition) is 1. The third-order valence-corrected chi connectivity index (χ3v) is 4.49. The van der Waals surface area contributed by atoms with Gasteiger partial charge >= 0.3 is 0 Å². The Balaban J connectivity index is 1.62. The number of aromatic nitrogens is 3. The zero-order chi connectivity index (χ0) is 19.0. The zero-order valence-electron chi connectivity index (χ0n) is 15.3. The number of aryl methyl sites for hydroxylation is 2. The van der Waals surface area contributed by atoms with Crippen LogP contribution in [0.3, 0.4) is 0 Å². The molecule has 0 radical (unpaired) electrons. The number of fused-ring (bicyclic) bond motifs is 2. The molecule has 0 aliphatic carbocycles. The van der Waals surface area contributed by atoms with Crippen LogP contribution in [0.15, 0.2) is 48.7 Å². The average Bonchev–Trinajstić information content (AvgIpc) is 2.68. The van der Waals surface area contributed by atoms with Crippen LogP contribution in [0.25, 0.3) is 21.9 Å². The third-order valence-electron chi connectivity index (χ3n) is 4.49. The molecule has 2 heterocycles. The molecule has 0 unspecified atom stereocenters. The summed E-state index contributed by atoms with van der Waals surface area (Å²) >= 11 is 0. The largest absolute Gasteiger partial charge is 0.497 e. The number of rotatable bonds is 3. The maximum Gasteiger partial charge on any atom is 0.255 e. The van der Waals surface area contributed by atoms with Crippen LogP contribution in [0.1, 0.15) is 21.7 Å². The van der Waals surface area contributed by atoms with Crippen LogP contribution in [-0.4, -0.2) is 28.0 Å². The molecule has 4 rings (SSSR count). The molecule has 0 atom stereocenters. The van der Waals surface area contributed by atoms with Crippen LogP contribution in [-0.2, 0) is 0 Å². The monoisotopic (exact) mass is 358 g/mol. The molecule has 1 N–H and O–H groups in total. The zero-order valence-corrected chi connectivity index (χ0v) is 15.3. The van der Waals surface area contributed by atoms with Crippen molar-refractivity contribution < 1.29 is 9.53 Å². The molecule has 4 aromatic rings. The van der Waals surface area contributed by atoms with Gasteiger partial charge in [0.1, 0.15) is 5.75 Å². The SMILES string of the molecule is COc1ccc2cc(NC(=O)c3ccc4nc(C)c(C)nc4c3)cnc2c1. The lowest BCUT2D eigenvalue weighted by atomic mass is 10.1. The molecular formula is C21H18N4O2. The van der Waals surface area contributed by atoms with Crippen molar-refractivity contribution in [2.75, 3.05) is 12.4 Å². The molecule has 134 valence electrons. The minimum atomic E-state index is -0.216. The maximum absolute atomic E-state index is 12.6. The molecule has 0 aliphatic rings. The molecule has 0 spiro atoms. The first-order chi connectivity index (χ1) is 13.0. The van der Waals surface area contributed by atoms with E-state index in [0.717, 1.165) is 33.6 Å². The first kappa shape index (κ1) is 16.9. The number of amides is 1. The van der Waals surface area contributed by atoms with Crippen molar-refractivity contribution in [1.29, 1.82) is 0 Å². The third kappa shape index (κ3) is 3.29. The van der Waals surface area contributed by atoms with Crippen LogP contribution < -0.4 is 10.1 Å². The normalized spacial score (nSPS) is 10.9. The Bertz CT molecular complexity index is 1190. The van der Waals surface area contributed by atoms with Crippen molar-refractivity contribution >= 4 is 33.5 Å². The van der Waals surface area contributed by atoms with Crippen molar-refractivity contribution in [3.8, 4) is 5.75 Å². The van der Waals surface area contributed by atoms with Gasteiger partial charge in [-0.25, -0.2) is 9.97 Å². The van der Waals surface area contributed by atoms with Crippen LogP contribution >= 0.6 is 0 Å². The number of nitrogens with zero attached hydrogens (tertiary/aromatic N) is 3. The molecule has 0 bridgehead atoms. The summed E-state index contributed by atoms with van der Waals surface area (Å²) in [4.78, 5) is 26.0. The molecule has 2 aromatic carbocycles. The summed E-state index contributed by atoms with van der Waals surface area (Å²) in [5.41, 5.74) is 5.18. The van der Waals surface area contributed by atoms with Gasteiger partial charge in [-0.15, -0.1) is 0 Å². The number of carbonyl (C=O) groups excluding carboxylic acids is 1. The molecule has 0 fully saturated rings. The van der Waals surface area contributed by atoms with E-state index in [4.69, 9.17) is 4.74 Å². The lowest BCUT2D eigenvalue weighted by Crippen LogP contribution is -2.12. The first-order valence-corrected chi connectivity index (χ1v) is 8.53. The average molecular weight is 358 g/mol. The molecule has 6 nitrogen and oxygen atoms in total. The lowest BCUT2D eigenvalue weighted by Gasteiger charge is -2.08. The quantitative estimate of drug-likeness (QED) is 0.598. The van der Waals surface area contributed by atoms with Gasteiger partial charge in [0.25, 0.3) is 5.91 Å². The van der Waals surface area contributed by atoms with E-state index in [-0.39, 0.29) is 5.91 Å². The summed E-state index contributed by atoms with van der Waals surface area (Å²) < 4.78 is 5.21. The highest BCUT2D eigenvalue weighted by atomic mass is 16.5. The summed E-state index contributed by atoms with van der Waals surface area (Å²) in [5.74, 6) is 0.529. The number of nitrogens with one attached hydrogen (secondary N) is 1. The highest BCUT2D eigenvalue weighted by Gasteiger charge is 2.10. The molecule has 2 aromatic heterocycles. The van der Waals surface area contributed by atoms with Gasteiger partial charge in [-0.2, -0.15) is 0 Å². The lowest BCUT2D eigenvalue weighted by molar-refractivity contribution is 0.102. The predicted molar refractivity (Wildman–Crippen MR) is 105 cm³/mol. The predicted octanol–water partition coefficient (Wildman–Crippen LogP) is 4.06. The topological polar surface area (TPSA) is 77.0 Å². The number of pyridine rings is 1. The number of methoxy groups -OCH3 is 1. The van der Waals surface area contributed by atoms with E-state index in [1.54, 1.807) is 25.4 Å². The van der Waals surface area contributed by atoms with Gasteiger partial charge in [-0.1, -0.05) is 0 Å². The van der Waals surface area contributed by atoms with E-state index in [9.17, 15) is 4.79 Å². The summed E-state index contributed by atoms with van der Waals surface area (Å²) in [6.45, 7) is 3.83. The van der Waals surface area contributed by atoms with Crippen molar-refractivity contribution in [2.24, 2.45) is 0 Å². The van der Waals surface area contributed by atoms with Crippen LogP contribution in [0.2, 0.25) is 0 Å². The highest BCUT2D eigenvalue weighted by Crippen LogP contribution is 2.22. The molecule has 27 heavy (non-hydrogen) atoms. The molecule has 6 heteroatoms.